The van der Waals surface area contributed by atoms with E-state index in [4.69, 9.17) is 0 Å². The first kappa shape index (κ1) is 11.4. The van der Waals surface area contributed by atoms with Gasteiger partial charge < -0.3 is 15.1 Å². The molecular weight excluding hydrogens is 190 g/mol. The van der Waals surface area contributed by atoms with E-state index < -0.39 is 0 Å². The van der Waals surface area contributed by atoms with Crippen molar-refractivity contribution in [3.8, 4) is 0 Å². The second-order valence-electron chi connectivity index (χ2n) is 5.35. The first-order chi connectivity index (χ1) is 7.16. The SMILES string of the molecule is CN(CC1CC(O)C1)[C@H]1CCCC[C@@H]1O. The lowest BCUT2D eigenvalue weighted by atomic mass is 9.81. The molecule has 2 fully saturated rings. The fourth-order valence-electron chi connectivity index (χ4n) is 3.00. The largest absolute Gasteiger partial charge is 0.393 e. The molecule has 2 saturated carbocycles. The second-order valence-corrected chi connectivity index (χ2v) is 5.35. The van der Waals surface area contributed by atoms with Crippen LogP contribution in [0.15, 0.2) is 0 Å². The highest BCUT2D eigenvalue weighted by Gasteiger charge is 2.32. The van der Waals surface area contributed by atoms with Gasteiger partial charge in [-0.15, -0.1) is 0 Å². The number of hydrogen-bond acceptors (Lipinski definition) is 3. The Balaban J connectivity index is 1.76. The summed E-state index contributed by atoms with van der Waals surface area (Å²) < 4.78 is 0. The summed E-state index contributed by atoms with van der Waals surface area (Å²) >= 11 is 0. The van der Waals surface area contributed by atoms with Crippen LogP contribution >= 0.6 is 0 Å². The minimum atomic E-state index is -0.131. The molecule has 3 nitrogen and oxygen atoms in total. The van der Waals surface area contributed by atoms with E-state index in [1.807, 2.05) is 0 Å². The average Bonchev–Trinajstić information content (AvgIpc) is 2.16. The zero-order valence-electron chi connectivity index (χ0n) is 9.60. The van der Waals surface area contributed by atoms with Crippen LogP contribution < -0.4 is 0 Å². The van der Waals surface area contributed by atoms with Crippen LogP contribution in [0.25, 0.3) is 0 Å². The Labute approximate surface area is 92.1 Å². The fourth-order valence-corrected chi connectivity index (χ4v) is 3.00. The van der Waals surface area contributed by atoms with Crippen molar-refractivity contribution in [3.05, 3.63) is 0 Å². The number of rotatable bonds is 3. The topological polar surface area (TPSA) is 43.7 Å². The number of nitrogens with zero attached hydrogens (tertiary/aromatic N) is 1. The Hall–Kier alpha value is -0.120. The molecule has 2 aliphatic carbocycles. The molecule has 0 bridgehead atoms. The van der Waals surface area contributed by atoms with E-state index in [-0.39, 0.29) is 12.2 Å². The molecule has 15 heavy (non-hydrogen) atoms. The summed E-state index contributed by atoms with van der Waals surface area (Å²) in [6, 6.07) is 0.358. The van der Waals surface area contributed by atoms with Crippen LogP contribution in [0.4, 0.5) is 0 Å². The van der Waals surface area contributed by atoms with Gasteiger partial charge in [0, 0.05) is 12.6 Å². The van der Waals surface area contributed by atoms with Gasteiger partial charge in [0.05, 0.1) is 12.2 Å². The van der Waals surface area contributed by atoms with Crippen molar-refractivity contribution in [1.82, 2.24) is 4.90 Å². The summed E-state index contributed by atoms with van der Waals surface area (Å²) in [6.07, 6.45) is 6.23. The van der Waals surface area contributed by atoms with Crippen molar-refractivity contribution in [1.29, 1.82) is 0 Å². The minimum Gasteiger partial charge on any atom is -0.393 e. The van der Waals surface area contributed by atoms with Crippen molar-refractivity contribution in [3.63, 3.8) is 0 Å². The van der Waals surface area contributed by atoms with Gasteiger partial charge in [0.15, 0.2) is 0 Å². The van der Waals surface area contributed by atoms with Gasteiger partial charge in [0.1, 0.15) is 0 Å². The van der Waals surface area contributed by atoms with Crippen LogP contribution in [-0.4, -0.2) is 47.0 Å². The van der Waals surface area contributed by atoms with Gasteiger partial charge >= 0.3 is 0 Å². The molecule has 0 spiro atoms. The second kappa shape index (κ2) is 4.81. The predicted molar refractivity (Wildman–Crippen MR) is 59.6 cm³/mol. The van der Waals surface area contributed by atoms with E-state index >= 15 is 0 Å². The smallest absolute Gasteiger partial charge is 0.0695 e. The van der Waals surface area contributed by atoms with Crippen LogP contribution in [0, 0.1) is 5.92 Å². The molecule has 2 aliphatic rings. The van der Waals surface area contributed by atoms with Crippen molar-refractivity contribution < 1.29 is 10.2 Å². The predicted octanol–water partition coefficient (Wildman–Crippen LogP) is 0.993. The molecule has 0 aliphatic heterocycles. The van der Waals surface area contributed by atoms with Crippen molar-refractivity contribution >= 4 is 0 Å². The summed E-state index contributed by atoms with van der Waals surface area (Å²) in [5.74, 6) is 0.652. The maximum absolute atomic E-state index is 9.90. The lowest BCUT2D eigenvalue weighted by molar-refractivity contribution is -0.00941. The zero-order chi connectivity index (χ0) is 10.8. The van der Waals surface area contributed by atoms with Gasteiger partial charge in [-0.05, 0) is 38.6 Å². The molecule has 0 unspecified atom stereocenters. The van der Waals surface area contributed by atoms with Gasteiger partial charge in [-0.2, -0.15) is 0 Å². The number of aliphatic hydroxyl groups is 2. The summed E-state index contributed by atoms with van der Waals surface area (Å²) in [6.45, 7) is 1.04. The number of hydrogen-bond donors (Lipinski definition) is 2. The highest BCUT2D eigenvalue weighted by atomic mass is 16.3. The Bertz CT molecular complexity index is 204. The third-order valence-electron chi connectivity index (χ3n) is 4.02. The average molecular weight is 213 g/mol. The lowest BCUT2D eigenvalue weighted by Gasteiger charge is -2.40. The molecule has 0 heterocycles. The third-order valence-corrected chi connectivity index (χ3v) is 4.02. The minimum absolute atomic E-state index is 0.0559. The Morgan fingerprint density at radius 1 is 1.13 bits per heavy atom. The molecule has 2 N–H and O–H groups in total. The van der Waals surface area contributed by atoms with Crippen LogP contribution in [0.5, 0.6) is 0 Å². The summed E-state index contributed by atoms with van der Waals surface area (Å²) in [5.41, 5.74) is 0. The van der Waals surface area contributed by atoms with Crippen LogP contribution in [-0.2, 0) is 0 Å². The van der Waals surface area contributed by atoms with Crippen LogP contribution in [0.2, 0.25) is 0 Å². The Kier molecular flexibility index (Phi) is 3.65. The summed E-state index contributed by atoms with van der Waals surface area (Å²) in [7, 11) is 2.11. The van der Waals surface area contributed by atoms with Gasteiger partial charge in [0.25, 0.3) is 0 Å². The highest BCUT2D eigenvalue weighted by Crippen LogP contribution is 2.30. The van der Waals surface area contributed by atoms with E-state index in [2.05, 4.69) is 11.9 Å². The van der Waals surface area contributed by atoms with E-state index in [1.165, 1.54) is 12.8 Å². The van der Waals surface area contributed by atoms with Gasteiger partial charge in [-0.1, -0.05) is 12.8 Å². The Morgan fingerprint density at radius 2 is 1.80 bits per heavy atom. The fraction of sp³-hybridized carbons (Fsp3) is 1.00. The van der Waals surface area contributed by atoms with Crippen molar-refractivity contribution in [2.45, 2.75) is 56.8 Å². The summed E-state index contributed by atoms with van der Waals surface area (Å²) in [5, 5.41) is 19.1. The molecule has 0 aromatic heterocycles. The maximum atomic E-state index is 9.90. The lowest BCUT2D eigenvalue weighted by Crippen LogP contribution is -2.47. The third kappa shape index (κ3) is 2.71. The molecule has 0 aromatic carbocycles. The molecule has 0 saturated heterocycles. The molecule has 2 atom stereocenters. The first-order valence-electron chi connectivity index (χ1n) is 6.23. The van der Waals surface area contributed by atoms with E-state index in [0.29, 0.717) is 12.0 Å². The van der Waals surface area contributed by atoms with Crippen molar-refractivity contribution in [2.75, 3.05) is 13.6 Å². The molecule has 2 rings (SSSR count). The molecular formula is C12H23NO2. The zero-order valence-corrected chi connectivity index (χ0v) is 9.60. The normalized spacial score (nSPS) is 41.6. The standard InChI is InChI=1S/C12H23NO2/c1-13(8-9-6-10(14)7-9)11-4-2-3-5-12(11)15/h9-12,14-15H,2-8H2,1H3/t9?,10?,11-,12-/m0/s1. The van der Waals surface area contributed by atoms with Crippen molar-refractivity contribution in [2.24, 2.45) is 5.92 Å². The molecule has 88 valence electrons. The highest BCUT2D eigenvalue weighted by molar-refractivity contribution is 4.86. The monoisotopic (exact) mass is 213 g/mol. The number of likely N-dealkylation sites (N-methyl/N-ethyl adjacent to an activating group) is 1. The molecule has 0 amide bonds. The maximum Gasteiger partial charge on any atom is 0.0695 e. The Morgan fingerprint density at radius 3 is 2.40 bits per heavy atom. The van der Waals surface area contributed by atoms with E-state index in [0.717, 1.165) is 32.2 Å². The quantitative estimate of drug-likeness (QED) is 0.735. The first-order valence-corrected chi connectivity index (χ1v) is 6.23. The molecule has 0 aromatic rings. The van der Waals surface area contributed by atoms with Gasteiger partial charge in [-0.3, -0.25) is 0 Å². The van der Waals surface area contributed by atoms with Crippen LogP contribution in [0.3, 0.4) is 0 Å². The summed E-state index contributed by atoms with van der Waals surface area (Å²) in [4.78, 5) is 2.31. The molecule has 3 heteroatoms. The van der Waals surface area contributed by atoms with Crippen LogP contribution in [0.1, 0.15) is 38.5 Å². The van der Waals surface area contributed by atoms with E-state index in [1.54, 1.807) is 0 Å². The van der Waals surface area contributed by atoms with Gasteiger partial charge in [-0.25, -0.2) is 0 Å². The van der Waals surface area contributed by atoms with Gasteiger partial charge in [0.2, 0.25) is 0 Å². The molecule has 0 radical (unpaired) electrons. The van der Waals surface area contributed by atoms with E-state index in [9.17, 15) is 10.2 Å². The number of aliphatic hydroxyl groups excluding tert-OH is 2.